The summed E-state index contributed by atoms with van der Waals surface area (Å²) in [5.41, 5.74) is 17.5. The summed E-state index contributed by atoms with van der Waals surface area (Å²) in [6, 6.07) is 14.4. The number of hydrogen-bond acceptors (Lipinski definition) is 19. The average molecular weight is 1370 g/mol. The van der Waals surface area contributed by atoms with E-state index in [4.69, 9.17) is 51.1 Å². The number of carbonyl (C=O) groups is 3. The molecule has 0 aliphatic rings. The van der Waals surface area contributed by atoms with Gasteiger partial charge in [-0.2, -0.15) is 52.7 Å². The number of carbonyl (C=O) groups excluding carboxylic acids is 2. The van der Waals surface area contributed by atoms with Gasteiger partial charge in [-0.1, -0.05) is 22.9 Å². The summed E-state index contributed by atoms with van der Waals surface area (Å²) in [5.74, 6) is 0.472. The number of nitrogen functional groups attached to an aromatic ring is 3. The summed E-state index contributed by atoms with van der Waals surface area (Å²) >= 11 is 0. The van der Waals surface area contributed by atoms with Crippen LogP contribution in [0.2, 0.25) is 0 Å². The molecule has 38 heteroatoms. The molecule has 95 heavy (non-hydrogen) atoms. The number of nitrogens with one attached hydrogen (secondary N) is 4. The maximum atomic E-state index is 12.8. The third-order valence-electron chi connectivity index (χ3n) is 11.6. The zero-order valence-electron chi connectivity index (χ0n) is 52.0. The largest absolute Gasteiger partial charge is 1.00 e. The van der Waals surface area contributed by atoms with Gasteiger partial charge >= 0.3 is 72.4 Å². The molecular weight excluding hydrogens is 1310 g/mol. The summed E-state index contributed by atoms with van der Waals surface area (Å²) in [5, 5.41) is 35.1. The minimum atomic E-state index is -4.60. The Morgan fingerprint density at radius 1 is 0.568 bits per heavy atom. The van der Waals surface area contributed by atoms with Crippen molar-refractivity contribution >= 4 is 63.0 Å². The van der Waals surface area contributed by atoms with Crippen molar-refractivity contribution in [3.05, 3.63) is 146 Å². The fourth-order valence-electron chi connectivity index (χ4n) is 7.17. The molecule has 4 aromatic carbocycles. The van der Waals surface area contributed by atoms with E-state index >= 15 is 0 Å². The van der Waals surface area contributed by atoms with Gasteiger partial charge in [0.15, 0.2) is 34.6 Å². The van der Waals surface area contributed by atoms with Crippen LogP contribution < -0.4 is 63.1 Å². The predicted molar refractivity (Wildman–Crippen MR) is 318 cm³/mol. The smallest absolute Gasteiger partial charge is 1.00 e. The molecular formula is C57H65F12N14NaO11. The number of fused-ring (bicyclic) bond motifs is 2. The zero-order valence-corrected chi connectivity index (χ0v) is 53.0. The number of nitro groups is 1. The van der Waals surface area contributed by atoms with Crippen LogP contribution in [0.4, 0.5) is 85.0 Å². The van der Waals surface area contributed by atoms with Gasteiger partial charge in [0, 0.05) is 25.7 Å². The minimum Gasteiger partial charge on any atom is -1.00 e. The topological polar surface area (TPSA) is 397 Å². The van der Waals surface area contributed by atoms with Gasteiger partial charge < -0.3 is 73.1 Å². The minimum absolute atomic E-state index is 0. The summed E-state index contributed by atoms with van der Waals surface area (Å²) in [6.45, 7) is 15.5. The third kappa shape index (κ3) is 23.7. The number of aromatic nitrogens is 7. The number of nitrogens with zero attached hydrogens (tertiary/aromatic N) is 6. The van der Waals surface area contributed by atoms with E-state index in [1.54, 1.807) is 74.4 Å². The first-order chi connectivity index (χ1) is 42.7. The van der Waals surface area contributed by atoms with E-state index in [1.807, 2.05) is 0 Å². The van der Waals surface area contributed by atoms with Crippen molar-refractivity contribution < 1.29 is 133 Å². The maximum absolute atomic E-state index is 12.8. The number of anilines is 3. The Morgan fingerprint density at radius 2 is 0.926 bits per heavy atom. The van der Waals surface area contributed by atoms with Crippen LogP contribution in [0.15, 0.2) is 105 Å². The van der Waals surface area contributed by atoms with Gasteiger partial charge in [-0.3, -0.25) is 10.1 Å². The number of carboxylic acid groups (broad SMARTS) is 1. The summed E-state index contributed by atoms with van der Waals surface area (Å²) in [6.07, 6.45) is -19.0. The average Bonchev–Trinajstić information content (AvgIpc) is 1.67. The summed E-state index contributed by atoms with van der Waals surface area (Å²) in [7, 11) is 0. The molecule has 3 atom stereocenters. The van der Waals surface area contributed by atoms with Gasteiger partial charge in [-0.15, -0.1) is 0 Å². The van der Waals surface area contributed by atoms with Crippen molar-refractivity contribution in [2.24, 2.45) is 5.73 Å². The van der Waals surface area contributed by atoms with Crippen molar-refractivity contribution in [2.75, 3.05) is 17.2 Å². The first kappa shape index (κ1) is 79.6. The van der Waals surface area contributed by atoms with Crippen molar-refractivity contribution in [1.82, 2.24) is 46.0 Å². The van der Waals surface area contributed by atoms with Gasteiger partial charge in [0.1, 0.15) is 28.3 Å². The number of rotatable bonds is 9. The number of alkyl halides is 12. The van der Waals surface area contributed by atoms with E-state index in [0.29, 0.717) is 51.9 Å². The van der Waals surface area contributed by atoms with Crippen molar-refractivity contribution in [3.8, 4) is 23.0 Å². The molecule has 5 aromatic heterocycles. The number of aromatic carboxylic acids is 1. The Morgan fingerprint density at radius 3 is 1.28 bits per heavy atom. The van der Waals surface area contributed by atoms with Gasteiger partial charge in [0.2, 0.25) is 0 Å². The fraction of sp³-hybridized carbons (Fsp3) is 0.333. The molecule has 0 radical (unpaired) electrons. The van der Waals surface area contributed by atoms with E-state index in [1.165, 1.54) is 18.2 Å². The molecule has 0 spiro atoms. The zero-order chi connectivity index (χ0) is 70.1. The second kappa shape index (κ2) is 31.5. The second-order valence-electron chi connectivity index (χ2n) is 21.7. The standard InChI is InChI=1S/C18H19F3N4O3.C13H11F3N4O.C11H16N2O5.C7H5F3N2O2.C7H7F3N2.CH4.Na.H2.H/c1-9(22-16(26)27-17(2,3)4)14-8-13(25-28-14)15-23-11-6-5-10(18(19,20)21)7-12(11)24-15;1-6(17)11-5-10(20-21-11)12-18-8-3-2-7(13(14,15)16)4-9(8)19-12;1-6(12-10(16)17-11(2,3)4)8-5-7(9(14)15)13-18-8;8-7(9,10)4-1-2-5(11)6(3-4)12(13)14;8-7(9,10)4-1-2-5(11)6(12)3-4;;;;/h5-9H,1-4H3,(H,22,26)(H,23,24);2-6H,17H2,1H3,(H,18,19);5-6H,1-4H3,(H,12,16)(H,14,15);1-3H,11H2;1-3H,11-12H2;1H4;;1H;/q;;;;;;+1;;-1/t9-;2*6-;;;;;;/m111....../s1. The van der Waals surface area contributed by atoms with E-state index in [2.05, 4.69) is 46.0 Å². The number of hydrogen-bond donors (Lipinski definition) is 9. The van der Waals surface area contributed by atoms with Gasteiger partial charge in [0.25, 0.3) is 5.69 Å². The maximum Gasteiger partial charge on any atom is 1.00 e. The number of amides is 2. The molecule has 0 bridgehead atoms. The molecule has 0 unspecified atom stereocenters. The van der Waals surface area contributed by atoms with E-state index in [0.717, 1.165) is 48.5 Å². The Hall–Kier alpha value is -9.62. The Labute approximate surface area is 555 Å². The molecule has 0 saturated heterocycles. The van der Waals surface area contributed by atoms with Crippen LogP contribution in [0, 0.1) is 10.1 Å². The monoisotopic (exact) mass is 1370 g/mol. The quantitative estimate of drug-likeness (QED) is 0.0213. The Balaban J connectivity index is 0.000000618. The molecule has 13 N–H and O–H groups in total. The van der Waals surface area contributed by atoms with E-state index in [9.17, 15) is 77.2 Å². The molecule has 9 aromatic rings. The number of alkyl carbamates (subject to hydrolysis) is 2. The third-order valence-corrected chi connectivity index (χ3v) is 11.6. The van der Waals surface area contributed by atoms with Gasteiger partial charge in [-0.25, -0.2) is 24.4 Å². The number of carboxylic acids is 1. The fourth-order valence-corrected chi connectivity index (χ4v) is 7.17. The van der Waals surface area contributed by atoms with Gasteiger partial charge in [-0.05, 0) is 129 Å². The first-order valence-electron chi connectivity index (χ1n) is 26.5. The molecule has 2 amide bonds. The molecule has 0 aliphatic carbocycles. The van der Waals surface area contributed by atoms with Crippen LogP contribution in [0.3, 0.4) is 0 Å². The van der Waals surface area contributed by atoms with Crippen molar-refractivity contribution in [2.45, 2.75) is 124 Å². The predicted octanol–water partition coefficient (Wildman–Crippen LogP) is 12.1. The number of aromatic amines is 2. The van der Waals surface area contributed by atoms with Crippen molar-refractivity contribution in [1.29, 1.82) is 0 Å². The number of nitrogens with two attached hydrogens (primary N) is 4. The molecule has 9 rings (SSSR count). The number of imidazole rings is 2. The number of ether oxygens (including phenoxy) is 2. The Bertz CT molecular complexity index is 4090. The number of benzene rings is 4. The van der Waals surface area contributed by atoms with Gasteiger partial charge in [0.05, 0.1) is 78.7 Å². The number of halogens is 12. The van der Waals surface area contributed by atoms with Crippen LogP contribution in [0.5, 0.6) is 0 Å². The van der Waals surface area contributed by atoms with Crippen LogP contribution in [-0.4, -0.2) is 74.8 Å². The summed E-state index contributed by atoms with van der Waals surface area (Å²) < 4.78 is 174. The normalized spacial score (nSPS) is 12.6. The molecule has 0 saturated carbocycles. The number of H-pyrrole nitrogens is 2. The van der Waals surface area contributed by atoms with E-state index in [-0.39, 0.29) is 91.3 Å². The Kier molecular flexibility index (Phi) is 26.4. The molecule has 0 fully saturated rings. The molecule has 514 valence electrons. The van der Waals surface area contributed by atoms with E-state index < -0.39 is 99.0 Å². The van der Waals surface area contributed by atoms with Crippen LogP contribution >= 0.6 is 0 Å². The molecule has 5 heterocycles. The first-order valence-corrected chi connectivity index (χ1v) is 26.5. The molecule has 0 aliphatic heterocycles. The molecule has 25 nitrogen and oxygen atoms in total. The van der Waals surface area contributed by atoms with Crippen LogP contribution in [0.25, 0.3) is 45.1 Å². The van der Waals surface area contributed by atoms with Crippen LogP contribution in [0.1, 0.15) is 141 Å². The summed E-state index contributed by atoms with van der Waals surface area (Å²) in [4.78, 5) is 57.3. The SMILES string of the molecule is C.C[C@@H](N)c1cc(-c2nc3ccc(C(F)(F)F)cc3[nH]2)no1.C[C@@H](NC(=O)OC(C)(C)C)c1cc(-c2nc3ccc(C(F)(F)F)cc3[nH]2)no1.C[C@@H](NC(=O)OC(C)(C)C)c1cc(C(=O)O)no1.Nc1ccc(C(F)(F)F)cc1N.Nc1ccc(C(F)(F)F)cc1[N+](=O)[O-].[H-].[HH].[Na+]. The van der Waals surface area contributed by atoms with Crippen molar-refractivity contribution in [3.63, 3.8) is 0 Å². The number of nitro benzene ring substituents is 1. The van der Waals surface area contributed by atoms with Crippen LogP contribution in [-0.2, 0) is 34.2 Å². The second-order valence-corrected chi connectivity index (χ2v) is 21.7.